The van der Waals surface area contributed by atoms with Crippen LogP contribution in [0.15, 0.2) is 30.5 Å². The SMILES string of the molecule is CCCc1[nH]ccc1Nc1ccc(C)c(O)c1. The minimum absolute atomic E-state index is 0.322. The Balaban J connectivity index is 2.19. The van der Waals surface area contributed by atoms with Crippen molar-refractivity contribution in [1.29, 1.82) is 0 Å². The smallest absolute Gasteiger partial charge is 0.120 e. The van der Waals surface area contributed by atoms with E-state index >= 15 is 0 Å². The summed E-state index contributed by atoms with van der Waals surface area (Å²) in [5.74, 6) is 0.322. The predicted octanol–water partition coefficient (Wildman–Crippen LogP) is 3.72. The maximum absolute atomic E-state index is 9.65. The zero-order valence-electron chi connectivity index (χ0n) is 10.2. The molecular formula is C14H18N2O. The summed E-state index contributed by atoms with van der Waals surface area (Å²) in [5.41, 5.74) is 4.08. The maximum atomic E-state index is 9.65. The van der Waals surface area contributed by atoms with Crippen LogP contribution in [0.25, 0.3) is 0 Å². The van der Waals surface area contributed by atoms with E-state index in [2.05, 4.69) is 17.2 Å². The van der Waals surface area contributed by atoms with Gasteiger partial charge in [0.05, 0.1) is 5.69 Å². The minimum atomic E-state index is 0.322. The van der Waals surface area contributed by atoms with Crippen molar-refractivity contribution in [2.75, 3.05) is 5.32 Å². The lowest BCUT2D eigenvalue weighted by molar-refractivity contribution is 0.471. The average Bonchev–Trinajstić information content (AvgIpc) is 2.72. The van der Waals surface area contributed by atoms with Gasteiger partial charge in [0, 0.05) is 23.6 Å². The third kappa shape index (κ3) is 2.61. The molecule has 3 nitrogen and oxygen atoms in total. The van der Waals surface area contributed by atoms with Gasteiger partial charge in [-0.1, -0.05) is 19.4 Å². The quantitative estimate of drug-likeness (QED) is 0.749. The molecule has 1 aromatic heterocycles. The number of hydrogen-bond donors (Lipinski definition) is 3. The first kappa shape index (κ1) is 11.6. The van der Waals surface area contributed by atoms with Gasteiger partial charge in [0.15, 0.2) is 0 Å². The number of nitrogens with one attached hydrogen (secondary N) is 2. The second-order valence-corrected chi connectivity index (χ2v) is 4.25. The number of H-pyrrole nitrogens is 1. The highest BCUT2D eigenvalue weighted by atomic mass is 16.3. The van der Waals surface area contributed by atoms with Crippen LogP contribution in [0.5, 0.6) is 5.75 Å². The molecule has 3 heteroatoms. The lowest BCUT2D eigenvalue weighted by atomic mass is 10.2. The van der Waals surface area contributed by atoms with Crippen molar-refractivity contribution < 1.29 is 5.11 Å². The lowest BCUT2D eigenvalue weighted by Crippen LogP contribution is -1.94. The molecular weight excluding hydrogens is 212 g/mol. The number of phenolic OH excluding ortho intramolecular Hbond substituents is 1. The molecule has 0 aliphatic rings. The summed E-state index contributed by atoms with van der Waals surface area (Å²) >= 11 is 0. The predicted molar refractivity (Wildman–Crippen MR) is 70.9 cm³/mol. The summed E-state index contributed by atoms with van der Waals surface area (Å²) in [7, 11) is 0. The van der Waals surface area contributed by atoms with E-state index in [0.29, 0.717) is 5.75 Å². The highest BCUT2D eigenvalue weighted by molar-refractivity contribution is 5.64. The fourth-order valence-electron chi connectivity index (χ4n) is 1.82. The summed E-state index contributed by atoms with van der Waals surface area (Å²) in [4.78, 5) is 3.23. The van der Waals surface area contributed by atoms with Crippen LogP contribution in [0.1, 0.15) is 24.6 Å². The Bertz CT molecular complexity index is 503. The number of phenols is 1. The fourth-order valence-corrected chi connectivity index (χ4v) is 1.82. The van der Waals surface area contributed by atoms with Gasteiger partial charge in [-0.2, -0.15) is 0 Å². The van der Waals surface area contributed by atoms with Gasteiger partial charge in [0.2, 0.25) is 0 Å². The van der Waals surface area contributed by atoms with E-state index in [0.717, 1.165) is 29.8 Å². The minimum Gasteiger partial charge on any atom is -0.508 e. The van der Waals surface area contributed by atoms with Gasteiger partial charge < -0.3 is 15.4 Å². The molecule has 2 aromatic rings. The average molecular weight is 230 g/mol. The standard InChI is InChI=1S/C14H18N2O/c1-3-4-12-13(7-8-15-12)16-11-6-5-10(2)14(17)9-11/h5-9,15-17H,3-4H2,1-2H3. The summed E-state index contributed by atoms with van der Waals surface area (Å²) < 4.78 is 0. The van der Waals surface area contributed by atoms with E-state index in [1.165, 1.54) is 5.69 Å². The van der Waals surface area contributed by atoms with Crippen LogP contribution in [0, 0.1) is 6.92 Å². The molecule has 2 rings (SSSR count). The lowest BCUT2D eigenvalue weighted by Gasteiger charge is -2.08. The van der Waals surface area contributed by atoms with E-state index in [4.69, 9.17) is 0 Å². The molecule has 0 radical (unpaired) electrons. The monoisotopic (exact) mass is 230 g/mol. The summed E-state index contributed by atoms with van der Waals surface area (Å²) in [5, 5.41) is 13.0. The third-order valence-corrected chi connectivity index (χ3v) is 2.82. The van der Waals surface area contributed by atoms with E-state index in [1.54, 1.807) is 6.07 Å². The Kier molecular flexibility index (Phi) is 3.38. The molecule has 0 aliphatic carbocycles. The molecule has 1 heterocycles. The van der Waals surface area contributed by atoms with Crippen molar-refractivity contribution in [3.05, 3.63) is 41.7 Å². The van der Waals surface area contributed by atoms with Crippen LogP contribution in [0.4, 0.5) is 11.4 Å². The van der Waals surface area contributed by atoms with Crippen LogP contribution in [-0.4, -0.2) is 10.1 Å². The van der Waals surface area contributed by atoms with Gasteiger partial charge in [-0.05, 0) is 31.0 Å². The van der Waals surface area contributed by atoms with Crippen molar-refractivity contribution in [1.82, 2.24) is 4.98 Å². The number of aromatic nitrogens is 1. The first-order valence-corrected chi connectivity index (χ1v) is 5.93. The summed E-state index contributed by atoms with van der Waals surface area (Å²) in [6.45, 7) is 4.04. The fraction of sp³-hybridized carbons (Fsp3) is 0.286. The zero-order valence-corrected chi connectivity index (χ0v) is 10.2. The number of aromatic amines is 1. The molecule has 3 N–H and O–H groups in total. The number of anilines is 2. The molecule has 0 fully saturated rings. The Morgan fingerprint density at radius 3 is 2.82 bits per heavy atom. The number of rotatable bonds is 4. The molecule has 0 aliphatic heterocycles. The molecule has 0 unspecified atom stereocenters. The highest BCUT2D eigenvalue weighted by Crippen LogP contribution is 2.25. The van der Waals surface area contributed by atoms with Crippen LogP contribution in [0.3, 0.4) is 0 Å². The van der Waals surface area contributed by atoms with Crippen LogP contribution < -0.4 is 5.32 Å². The molecule has 0 bridgehead atoms. The number of aromatic hydroxyl groups is 1. The van der Waals surface area contributed by atoms with Gasteiger partial charge in [0.25, 0.3) is 0 Å². The molecule has 0 atom stereocenters. The van der Waals surface area contributed by atoms with Gasteiger partial charge in [-0.25, -0.2) is 0 Å². The van der Waals surface area contributed by atoms with Gasteiger partial charge in [0.1, 0.15) is 5.75 Å². The van der Waals surface area contributed by atoms with Gasteiger partial charge in [-0.15, -0.1) is 0 Å². The molecule has 1 aromatic carbocycles. The van der Waals surface area contributed by atoms with Crippen LogP contribution in [-0.2, 0) is 6.42 Å². The Morgan fingerprint density at radius 2 is 2.12 bits per heavy atom. The van der Waals surface area contributed by atoms with Gasteiger partial charge >= 0.3 is 0 Å². The molecule has 0 spiro atoms. The van der Waals surface area contributed by atoms with Crippen LogP contribution >= 0.6 is 0 Å². The third-order valence-electron chi connectivity index (χ3n) is 2.82. The molecule has 0 saturated heterocycles. The van der Waals surface area contributed by atoms with Crippen molar-refractivity contribution in [3.63, 3.8) is 0 Å². The van der Waals surface area contributed by atoms with Gasteiger partial charge in [-0.3, -0.25) is 0 Å². The maximum Gasteiger partial charge on any atom is 0.120 e. The largest absolute Gasteiger partial charge is 0.508 e. The molecule has 0 amide bonds. The topological polar surface area (TPSA) is 48.0 Å². The van der Waals surface area contributed by atoms with Crippen molar-refractivity contribution in [2.24, 2.45) is 0 Å². The summed E-state index contributed by atoms with van der Waals surface area (Å²) in [6, 6.07) is 7.64. The molecule has 17 heavy (non-hydrogen) atoms. The van der Waals surface area contributed by atoms with Crippen molar-refractivity contribution in [3.8, 4) is 5.75 Å². The molecule has 90 valence electrons. The van der Waals surface area contributed by atoms with E-state index < -0.39 is 0 Å². The van der Waals surface area contributed by atoms with E-state index in [1.807, 2.05) is 31.3 Å². The Morgan fingerprint density at radius 1 is 1.29 bits per heavy atom. The number of benzene rings is 1. The van der Waals surface area contributed by atoms with Crippen molar-refractivity contribution in [2.45, 2.75) is 26.7 Å². The first-order valence-electron chi connectivity index (χ1n) is 5.93. The normalized spacial score (nSPS) is 10.5. The number of aryl methyl sites for hydroxylation is 2. The van der Waals surface area contributed by atoms with Crippen molar-refractivity contribution >= 4 is 11.4 Å². The first-order chi connectivity index (χ1) is 8.20. The summed E-state index contributed by atoms with van der Waals surface area (Å²) in [6.07, 6.45) is 4.06. The Hall–Kier alpha value is -1.90. The number of hydrogen-bond acceptors (Lipinski definition) is 2. The Labute approximate surface area is 102 Å². The molecule has 0 saturated carbocycles. The van der Waals surface area contributed by atoms with Crippen LogP contribution in [0.2, 0.25) is 0 Å². The second-order valence-electron chi connectivity index (χ2n) is 4.25. The van der Waals surface area contributed by atoms with E-state index in [-0.39, 0.29) is 0 Å². The van der Waals surface area contributed by atoms with E-state index in [9.17, 15) is 5.11 Å². The highest BCUT2D eigenvalue weighted by Gasteiger charge is 2.04. The second kappa shape index (κ2) is 4.95. The zero-order chi connectivity index (χ0) is 12.3.